The number of nitrogens with one attached hydrogen (secondary N) is 1. The van der Waals surface area contributed by atoms with E-state index in [9.17, 15) is 9.59 Å². The van der Waals surface area contributed by atoms with Crippen LogP contribution in [0.25, 0.3) is 0 Å². The van der Waals surface area contributed by atoms with E-state index in [1.165, 1.54) is 0 Å². The van der Waals surface area contributed by atoms with E-state index in [2.05, 4.69) is 10.4 Å². The molecule has 1 aliphatic carbocycles. The van der Waals surface area contributed by atoms with Gasteiger partial charge in [-0.05, 0) is 37.0 Å². The van der Waals surface area contributed by atoms with Crippen molar-refractivity contribution in [2.45, 2.75) is 25.8 Å². The summed E-state index contributed by atoms with van der Waals surface area (Å²) in [6.07, 6.45) is 6.58. The number of anilines is 1. The fourth-order valence-electron chi connectivity index (χ4n) is 3.32. The van der Waals surface area contributed by atoms with Crippen molar-refractivity contribution in [1.82, 2.24) is 15.1 Å². The molecular formula is C18H20N4O2. The van der Waals surface area contributed by atoms with Crippen molar-refractivity contribution in [3.8, 4) is 0 Å². The Morgan fingerprint density at radius 2 is 2.04 bits per heavy atom. The molecule has 1 aromatic carbocycles. The molecule has 0 saturated heterocycles. The highest BCUT2D eigenvalue weighted by molar-refractivity contribution is 6.40. The molecule has 2 amide bonds. The van der Waals surface area contributed by atoms with E-state index >= 15 is 0 Å². The number of carbonyl (C=O) groups is 2. The monoisotopic (exact) mass is 324 g/mol. The Kier molecular flexibility index (Phi) is 3.59. The van der Waals surface area contributed by atoms with Gasteiger partial charge in [-0.2, -0.15) is 5.10 Å². The fourth-order valence-corrected chi connectivity index (χ4v) is 3.32. The zero-order valence-corrected chi connectivity index (χ0v) is 13.4. The second-order valence-corrected chi connectivity index (χ2v) is 6.72. The summed E-state index contributed by atoms with van der Waals surface area (Å²) >= 11 is 0. The highest BCUT2D eigenvalue weighted by Crippen LogP contribution is 2.46. The van der Waals surface area contributed by atoms with Gasteiger partial charge in [0, 0.05) is 43.1 Å². The van der Waals surface area contributed by atoms with E-state index in [-0.39, 0.29) is 5.41 Å². The first-order valence-electron chi connectivity index (χ1n) is 8.32. The molecule has 2 heterocycles. The van der Waals surface area contributed by atoms with Gasteiger partial charge >= 0.3 is 11.8 Å². The van der Waals surface area contributed by atoms with Crippen molar-refractivity contribution >= 4 is 17.5 Å². The lowest BCUT2D eigenvalue weighted by Crippen LogP contribution is -2.44. The lowest BCUT2D eigenvalue weighted by molar-refractivity contribution is -0.137. The van der Waals surface area contributed by atoms with Crippen LogP contribution in [0.1, 0.15) is 18.4 Å². The number of benzene rings is 1. The normalized spacial score (nSPS) is 17.4. The lowest BCUT2D eigenvalue weighted by Gasteiger charge is -2.19. The van der Waals surface area contributed by atoms with Crippen molar-refractivity contribution in [3.63, 3.8) is 0 Å². The third kappa shape index (κ3) is 2.79. The van der Waals surface area contributed by atoms with Crippen LogP contribution < -0.4 is 10.2 Å². The minimum absolute atomic E-state index is 0.0465. The maximum Gasteiger partial charge on any atom is 0.316 e. The first kappa shape index (κ1) is 14.9. The van der Waals surface area contributed by atoms with Crippen LogP contribution >= 0.6 is 0 Å². The number of hydrogen-bond donors (Lipinski definition) is 1. The maximum atomic E-state index is 12.5. The largest absolute Gasteiger partial charge is 0.347 e. The quantitative estimate of drug-likeness (QED) is 0.864. The van der Waals surface area contributed by atoms with Crippen LogP contribution in [0.2, 0.25) is 0 Å². The number of rotatable bonds is 4. The average molecular weight is 324 g/mol. The Bertz CT molecular complexity index is 765. The summed E-state index contributed by atoms with van der Waals surface area (Å²) < 4.78 is 1.89. The van der Waals surface area contributed by atoms with Crippen LogP contribution in [0.3, 0.4) is 0 Å². The minimum Gasteiger partial charge on any atom is -0.347 e. The van der Waals surface area contributed by atoms with E-state index < -0.39 is 11.8 Å². The lowest BCUT2D eigenvalue weighted by atomic mass is 10.1. The molecule has 24 heavy (non-hydrogen) atoms. The predicted molar refractivity (Wildman–Crippen MR) is 89.4 cm³/mol. The van der Waals surface area contributed by atoms with Gasteiger partial charge < -0.3 is 10.2 Å². The van der Waals surface area contributed by atoms with Gasteiger partial charge in [0.05, 0.1) is 0 Å². The molecule has 4 rings (SSSR count). The Labute approximate surface area is 140 Å². The zero-order valence-electron chi connectivity index (χ0n) is 13.4. The molecule has 0 radical (unpaired) electrons. The van der Waals surface area contributed by atoms with Crippen LogP contribution in [0, 0.1) is 5.41 Å². The van der Waals surface area contributed by atoms with Gasteiger partial charge in [-0.1, -0.05) is 18.2 Å². The number of carbonyl (C=O) groups excluding carboxylic acids is 2. The predicted octanol–water partition coefficient (Wildman–Crippen LogP) is 1.37. The molecule has 0 spiro atoms. The van der Waals surface area contributed by atoms with Crippen molar-refractivity contribution in [2.75, 3.05) is 18.0 Å². The number of para-hydroxylation sites is 1. The van der Waals surface area contributed by atoms with Gasteiger partial charge in [0.2, 0.25) is 0 Å². The van der Waals surface area contributed by atoms with E-state index in [0.717, 1.165) is 37.1 Å². The average Bonchev–Trinajstić information content (AvgIpc) is 3.00. The molecule has 6 heteroatoms. The van der Waals surface area contributed by atoms with Gasteiger partial charge in [-0.3, -0.25) is 14.3 Å². The summed E-state index contributed by atoms with van der Waals surface area (Å²) in [6, 6.07) is 9.64. The summed E-state index contributed by atoms with van der Waals surface area (Å²) in [5.41, 5.74) is 2.02. The maximum absolute atomic E-state index is 12.5. The number of fused-ring (bicyclic) bond motifs is 1. The van der Waals surface area contributed by atoms with E-state index in [4.69, 9.17) is 0 Å². The molecule has 0 bridgehead atoms. The van der Waals surface area contributed by atoms with Crippen LogP contribution in [0.5, 0.6) is 0 Å². The van der Waals surface area contributed by atoms with Crippen molar-refractivity contribution < 1.29 is 9.59 Å². The third-order valence-electron chi connectivity index (χ3n) is 4.96. The molecule has 1 saturated carbocycles. The van der Waals surface area contributed by atoms with E-state index in [1.807, 2.05) is 41.2 Å². The minimum atomic E-state index is -0.515. The Morgan fingerprint density at radius 3 is 2.79 bits per heavy atom. The van der Waals surface area contributed by atoms with Gasteiger partial charge in [0.25, 0.3) is 0 Å². The molecule has 1 aromatic heterocycles. The first-order valence-corrected chi connectivity index (χ1v) is 8.32. The standard InChI is InChI=1S/C18H20N4O2/c23-16(17(24)22-11-6-14-4-1-2-5-15(14)22)19-12-18(7-8-18)13-21-10-3-9-20-21/h1-5,9-10H,6-8,11-13H2,(H,19,23). The number of aromatic nitrogens is 2. The molecular weight excluding hydrogens is 304 g/mol. The molecule has 0 atom stereocenters. The zero-order chi connectivity index (χ0) is 16.6. The number of hydrogen-bond acceptors (Lipinski definition) is 3. The molecule has 124 valence electrons. The van der Waals surface area contributed by atoms with Crippen LogP contribution in [-0.4, -0.2) is 34.7 Å². The van der Waals surface area contributed by atoms with Crippen molar-refractivity contribution in [3.05, 3.63) is 48.3 Å². The van der Waals surface area contributed by atoms with Gasteiger partial charge in [0.1, 0.15) is 0 Å². The summed E-state index contributed by atoms with van der Waals surface area (Å²) in [4.78, 5) is 26.3. The Balaban J connectivity index is 1.36. The van der Waals surface area contributed by atoms with Gasteiger partial charge in [0.15, 0.2) is 0 Å². The Morgan fingerprint density at radius 1 is 1.21 bits per heavy atom. The molecule has 2 aliphatic rings. The Hall–Kier alpha value is -2.63. The molecule has 2 aromatic rings. The van der Waals surface area contributed by atoms with Gasteiger partial charge in [-0.15, -0.1) is 0 Å². The fraction of sp³-hybridized carbons (Fsp3) is 0.389. The summed E-state index contributed by atoms with van der Waals surface area (Å²) in [7, 11) is 0. The second kappa shape index (κ2) is 5.78. The molecule has 1 aliphatic heterocycles. The summed E-state index contributed by atoms with van der Waals surface area (Å²) in [5.74, 6) is -0.978. The molecule has 1 N–H and O–H groups in total. The van der Waals surface area contributed by atoms with E-state index in [1.54, 1.807) is 11.1 Å². The summed E-state index contributed by atoms with van der Waals surface area (Å²) in [5, 5.41) is 7.05. The number of nitrogens with zero attached hydrogens (tertiary/aromatic N) is 3. The summed E-state index contributed by atoms with van der Waals surface area (Å²) in [6.45, 7) is 1.87. The van der Waals surface area contributed by atoms with Gasteiger partial charge in [-0.25, -0.2) is 0 Å². The van der Waals surface area contributed by atoms with Crippen molar-refractivity contribution in [2.24, 2.45) is 5.41 Å². The van der Waals surface area contributed by atoms with Crippen molar-refractivity contribution in [1.29, 1.82) is 0 Å². The topological polar surface area (TPSA) is 67.2 Å². The number of amides is 2. The van der Waals surface area contributed by atoms with Crippen LogP contribution in [-0.2, 0) is 22.6 Å². The van der Waals surface area contributed by atoms with E-state index in [0.29, 0.717) is 13.1 Å². The smallest absolute Gasteiger partial charge is 0.316 e. The molecule has 0 unspecified atom stereocenters. The third-order valence-corrected chi connectivity index (χ3v) is 4.96. The highest BCUT2D eigenvalue weighted by Gasteiger charge is 2.44. The molecule has 6 nitrogen and oxygen atoms in total. The first-order chi connectivity index (χ1) is 11.7. The molecule has 1 fully saturated rings. The van der Waals surface area contributed by atoms with Crippen LogP contribution in [0.4, 0.5) is 5.69 Å². The van der Waals surface area contributed by atoms with Crippen LogP contribution in [0.15, 0.2) is 42.7 Å². The highest BCUT2D eigenvalue weighted by atomic mass is 16.2. The second-order valence-electron chi connectivity index (χ2n) is 6.72. The SMILES string of the molecule is O=C(NCC1(Cn2cccn2)CC1)C(=O)N1CCc2ccccc21.